The molecule has 0 spiro atoms. The molecule has 0 fully saturated rings. The molecule has 0 atom stereocenters. The highest BCUT2D eigenvalue weighted by molar-refractivity contribution is 6.17. The van der Waals surface area contributed by atoms with E-state index in [9.17, 15) is 0 Å². The van der Waals surface area contributed by atoms with Crippen molar-refractivity contribution in [2.75, 3.05) is 65.7 Å². The highest BCUT2D eigenvalue weighted by Crippen LogP contribution is 1.93. The molecule has 4 nitrogen and oxygen atoms in total. The molecule has 0 aliphatic heterocycles. The zero-order valence-corrected chi connectivity index (χ0v) is 11.9. The van der Waals surface area contributed by atoms with Crippen LogP contribution < -0.4 is 0 Å². The molecule has 104 valence electrons. The lowest BCUT2D eigenvalue weighted by molar-refractivity contribution is 0.0198. The molecule has 0 aromatic carbocycles. The Kier molecular flexibility index (Phi) is 14.3. The van der Waals surface area contributed by atoms with Crippen molar-refractivity contribution < 1.29 is 14.2 Å². The van der Waals surface area contributed by atoms with Crippen LogP contribution in [0.5, 0.6) is 0 Å². The molecule has 0 bridgehead atoms. The third-order valence-corrected chi connectivity index (χ3v) is 2.68. The number of likely N-dealkylation sites (N-methyl/N-ethyl adjacent to an activating group) is 1. The molecule has 0 aliphatic carbocycles. The van der Waals surface area contributed by atoms with Gasteiger partial charge < -0.3 is 19.1 Å². The van der Waals surface area contributed by atoms with E-state index >= 15 is 0 Å². The highest BCUT2D eigenvalue weighted by atomic mass is 35.5. The second kappa shape index (κ2) is 14.2. The van der Waals surface area contributed by atoms with E-state index in [1.807, 2.05) is 0 Å². The van der Waals surface area contributed by atoms with Crippen LogP contribution >= 0.6 is 11.6 Å². The fourth-order valence-electron chi connectivity index (χ4n) is 1.37. The average Bonchev–Trinajstić information content (AvgIpc) is 2.36. The van der Waals surface area contributed by atoms with Gasteiger partial charge in [-0.1, -0.05) is 6.92 Å². The van der Waals surface area contributed by atoms with Gasteiger partial charge in [-0.25, -0.2) is 0 Å². The number of halogens is 1. The van der Waals surface area contributed by atoms with E-state index in [1.54, 1.807) is 7.11 Å². The van der Waals surface area contributed by atoms with Gasteiger partial charge in [-0.3, -0.25) is 0 Å². The summed E-state index contributed by atoms with van der Waals surface area (Å²) < 4.78 is 15.6. The molecule has 0 aromatic heterocycles. The Morgan fingerprint density at radius 1 is 0.941 bits per heavy atom. The van der Waals surface area contributed by atoms with E-state index in [4.69, 9.17) is 25.8 Å². The molecule has 0 N–H and O–H groups in total. The van der Waals surface area contributed by atoms with Gasteiger partial charge in [-0.15, -0.1) is 11.6 Å². The van der Waals surface area contributed by atoms with E-state index in [-0.39, 0.29) is 0 Å². The summed E-state index contributed by atoms with van der Waals surface area (Å²) in [6.07, 6.45) is 1.04. The average molecular weight is 268 g/mol. The lowest BCUT2D eigenvalue weighted by Crippen LogP contribution is -2.29. The van der Waals surface area contributed by atoms with Crippen LogP contribution in [0.2, 0.25) is 0 Å². The summed E-state index contributed by atoms with van der Waals surface area (Å²) in [5.41, 5.74) is 0. The molecule has 0 saturated carbocycles. The number of nitrogens with zero attached hydrogens (tertiary/aromatic N) is 1. The van der Waals surface area contributed by atoms with Crippen molar-refractivity contribution in [3.8, 4) is 0 Å². The minimum Gasteiger partial charge on any atom is -0.382 e. The summed E-state index contributed by atoms with van der Waals surface area (Å²) in [6.45, 7) is 8.53. The van der Waals surface area contributed by atoms with Crippen molar-refractivity contribution in [2.24, 2.45) is 0 Å². The van der Waals surface area contributed by atoms with Gasteiger partial charge in [0.15, 0.2) is 0 Å². The Labute approximate surface area is 110 Å². The molecule has 0 saturated heterocycles. The summed E-state index contributed by atoms with van der Waals surface area (Å²) in [6, 6.07) is 0. The molecule has 0 unspecified atom stereocenters. The number of rotatable bonds is 13. The topological polar surface area (TPSA) is 30.9 Å². The van der Waals surface area contributed by atoms with Crippen molar-refractivity contribution in [3.63, 3.8) is 0 Å². The van der Waals surface area contributed by atoms with Gasteiger partial charge in [-0.05, 0) is 19.5 Å². The van der Waals surface area contributed by atoms with Crippen LogP contribution in [0.25, 0.3) is 0 Å². The molecule has 0 aliphatic rings. The van der Waals surface area contributed by atoms with Crippen LogP contribution in [0.3, 0.4) is 0 Å². The zero-order valence-electron chi connectivity index (χ0n) is 11.1. The lowest BCUT2D eigenvalue weighted by atomic mass is 10.4. The maximum Gasteiger partial charge on any atom is 0.0701 e. The third kappa shape index (κ3) is 12.4. The quantitative estimate of drug-likeness (QED) is 0.375. The first-order chi connectivity index (χ1) is 8.35. The first kappa shape index (κ1) is 17.1. The van der Waals surface area contributed by atoms with Crippen LogP contribution in [-0.2, 0) is 14.2 Å². The largest absolute Gasteiger partial charge is 0.382 e. The highest BCUT2D eigenvalue weighted by Gasteiger charge is 2.00. The normalized spacial score (nSPS) is 11.3. The van der Waals surface area contributed by atoms with Gasteiger partial charge in [0, 0.05) is 19.5 Å². The summed E-state index contributed by atoms with van der Waals surface area (Å²) in [5.74, 6) is 0.727. The molecule has 0 amide bonds. The van der Waals surface area contributed by atoms with E-state index in [0.29, 0.717) is 26.4 Å². The van der Waals surface area contributed by atoms with Gasteiger partial charge in [0.25, 0.3) is 0 Å². The molecule has 5 heteroatoms. The molecular formula is C12H26ClNO3. The van der Waals surface area contributed by atoms with E-state index in [0.717, 1.165) is 38.5 Å². The SMILES string of the molecule is CCN(CCCCl)CCOCCOCCOC. The van der Waals surface area contributed by atoms with Gasteiger partial charge in [0.2, 0.25) is 0 Å². The zero-order chi connectivity index (χ0) is 12.8. The second-order valence-electron chi connectivity index (χ2n) is 3.69. The smallest absolute Gasteiger partial charge is 0.0701 e. The van der Waals surface area contributed by atoms with Crippen molar-refractivity contribution in [2.45, 2.75) is 13.3 Å². The van der Waals surface area contributed by atoms with E-state index in [1.165, 1.54) is 0 Å². The molecular weight excluding hydrogens is 242 g/mol. The van der Waals surface area contributed by atoms with Crippen molar-refractivity contribution in [1.82, 2.24) is 4.90 Å². The molecule has 0 heterocycles. The minimum atomic E-state index is 0.636. The molecule has 17 heavy (non-hydrogen) atoms. The van der Waals surface area contributed by atoms with Crippen LogP contribution in [-0.4, -0.2) is 70.6 Å². The van der Waals surface area contributed by atoms with Gasteiger partial charge in [0.1, 0.15) is 0 Å². The van der Waals surface area contributed by atoms with Crippen molar-refractivity contribution in [1.29, 1.82) is 0 Å². The monoisotopic (exact) mass is 267 g/mol. The summed E-state index contributed by atoms with van der Waals surface area (Å²) in [7, 11) is 1.67. The second-order valence-corrected chi connectivity index (χ2v) is 4.07. The maximum absolute atomic E-state index is 5.66. The maximum atomic E-state index is 5.66. The van der Waals surface area contributed by atoms with Crippen LogP contribution in [0.1, 0.15) is 13.3 Å². The number of methoxy groups -OCH3 is 1. The Morgan fingerprint density at radius 3 is 2.18 bits per heavy atom. The summed E-state index contributed by atoms with van der Waals surface area (Å²) >= 11 is 5.66. The van der Waals surface area contributed by atoms with Gasteiger partial charge in [-0.2, -0.15) is 0 Å². The Bertz CT molecular complexity index is 150. The number of hydrogen-bond acceptors (Lipinski definition) is 4. The summed E-state index contributed by atoms with van der Waals surface area (Å²) in [5, 5.41) is 0. The predicted octanol–water partition coefficient (Wildman–Crippen LogP) is 1.62. The van der Waals surface area contributed by atoms with E-state index < -0.39 is 0 Å². The number of ether oxygens (including phenoxy) is 3. The van der Waals surface area contributed by atoms with Gasteiger partial charge >= 0.3 is 0 Å². The van der Waals surface area contributed by atoms with Crippen LogP contribution in [0.15, 0.2) is 0 Å². The summed E-state index contributed by atoms with van der Waals surface area (Å²) in [4.78, 5) is 2.34. The van der Waals surface area contributed by atoms with Gasteiger partial charge in [0.05, 0.1) is 33.0 Å². The fraction of sp³-hybridized carbons (Fsp3) is 1.00. The Morgan fingerprint density at radius 2 is 1.59 bits per heavy atom. The van der Waals surface area contributed by atoms with E-state index in [2.05, 4.69) is 11.8 Å². The molecule has 0 aromatic rings. The third-order valence-electron chi connectivity index (χ3n) is 2.41. The first-order valence-electron chi connectivity index (χ1n) is 6.27. The fourth-order valence-corrected chi connectivity index (χ4v) is 1.49. The van der Waals surface area contributed by atoms with Crippen LogP contribution in [0, 0.1) is 0 Å². The first-order valence-corrected chi connectivity index (χ1v) is 6.81. The van der Waals surface area contributed by atoms with Crippen molar-refractivity contribution >= 4 is 11.6 Å². The van der Waals surface area contributed by atoms with Crippen molar-refractivity contribution in [3.05, 3.63) is 0 Å². The number of alkyl halides is 1. The lowest BCUT2D eigenvalue weighted by Gasteiger charge is -2.19. The standard InChI is InChI=1S/C12H26ClNO3/c1-3-14(6-4-5-13)7-8-16-11-12-17-10-9-15-2/h3-12H2,1-2H3. The Balaban J connectivity index is 3.19. The molecule has 0 rings (SSSR count). The van der Waals surface area contributed by atoms with Crippen LogP contribution in [0.4, 0.5) is 0 Å². The predicted molar refractivity (Wildman–Crippen MR) is 71.0 cm³/mol. The molecule has 0 radical (unpaired) electrons. The minimum absolute atomic E-state index is 0.636. The Hall–Kier alpha value is 0.130. The number of hydrogen-bond donors (Lipinski definition) is 0.